The lowest BCUT2D eigenvalue weighted by atomic mass is 9.79. The van der Waals surface area contributed by atoms with Gasteiger partial charge in [-0.1, -0.05) is 25.5 Å². The Bertz CT molecular complexity index is 398. The fourth-order valence-corrected chi connectivity index (χ4v) is 4.24. The van der Waals surface area contributed by atoms with Gasteiger partial charge in [-0.3, -0.25) is 9.59 Å². The van der Waals surface area contributed by atoms with E-state index in [9.17, 15) is 9.59 Å². The van der Waals surface area contributed by atoms with Crippen LogP contribution in [-0.2, 0) is 19.1 Å². The average molecular weight is 388 g/mol. The third kappa shape index (κ3) is 7.35. The van der Waals surface area contributed by atoms with Gasteiger partial charge in [0, 0.05) is 0 Å². The molecule has 1 aliphatic carbocycles. The Hall–Kier alpha value is -0.233. The van der Waals surface area contributed by atoms with Gasteiger partial charge in [-0.25, -0.2) is 0 Å². The third-order valence-electron chi connectivity index (χ3n) is 3.56. The smallest absolute Gasteiger partial charge is 0.341 e. The molecule has 0 aromatic rings. The second-order valence-electron chi connectivity index (χ2n) is 5.30. The number of hydrogen-bond acceptors (Lipinski definition) is 4. The second-order valence-corrected chi connectivity index (χ2v) is 14.6. The minimum atomic E-state index is -2.67. The van der Waals surface area contributed by atoms with Crippen LogP contribution in [0.1, 0.15) is 32.1 Å². The topological polar surface area (TPSA) is 52.6 Å². The number of carbonyl (C=O) groups excluding carboxylic acids is 2. The van der Waals surface area contributed by atoms with Crippen LogP contribution < -0.4 is 0 Å². The number of rotatable bonds is 8. The Morgan fingerprint density at radius 1 is 1.09 bits per heavy atom. The zero-order valence-corrected chi connectivity index (χ0v) is 15.6. The van der Waals surface area contributed by atoms with E-state index in [0.29, 0.717) is 25.3 Å². The molecule has 0 saturated heterocycles. The summed E-state index contributed by atoms with van der Waals surface area (Å²) in [6.45, 7) is 3.87. The van der Waals surface area contributed by atoms with Gasteiger partial charge in [-0.2, -0.15) is 0 Å². The molecule has 2 unspecified atom stereocenters. The molecule has 8 heteroatoms. The molecule has 1 aliphatic rings. The zero-order valence-electron chi connectivity index (χ0n) is 12.4. The van der Waals surface area contributed by atoms with Crippen molar-refractivity contribution >= 4 is 51.2 Å². The van der Waals surface area contributed by atoms with Crippen LogP contribution in [0, 0.1) is 11.8 Å². The fraction of sp³-hybridized carbons (Fsp3) is 0.714. The van der Waals surface area contributed by atoms with Gasteiger partial charge in [-0.15, -0.1) is 33.2 Å². The fourth-order valence-electron chi connectivity index (χ4n) is 2.50. The van der Waals surface area contributed by atoms with Crippen molar-refractivity contribution in [2.24, 2.45) is 11.8 Å². The molecule has 1 saturated carbocycles. The maximum absolute atomic E-state index is 12.2. The third-order valence-corrected chi connectivity index (χ3v) is 6.19. The summed E-state index contributed by atoms with van der Waals surface area (Å²) in [7, 11) is 0. The number of halogens is 3. The summed E-state index contributed by atoms with van der Waals surface area (Å²) < 4.78 is 10.3. The van der Waals surface area contributed by atoms with Crippen molar-refractivity contribution in [3.8, 4) is 0 Å². The van der Waals surface area contributed by atoms with Crippen molar-refractivity contribution in [3.05, 3.63) is 12.7 Å². The molecular weight excluding hydrogens is 367 g/mol. The summed E-state index contributed by atoms with van der Waals surface area (Å²) in [6, 6.07) is -2.23. The van der Waals surface area contributed by atoms with Crippen molar-refractivity contribution in [1.82, 2.24) is 0 Å². The highest BCUT2D eigenvalue weighted by molar-refractivity contribution is 7.64. The molecule has 0 bridgehead atoms. The van der Waals surface area contributed by atoms with Gasteiger partial charge in [0.05, 0.1) is 18.4 Å². The lowest BCUT2D eigenvalue weighted by Crippen LogP contribution is -2.35. The predicted molar refractivity (Wildman–Crippen MR) is 90.3 cm³/mol. The SMILES string of the molecule is C=CCOC(=O)C1CCCCC1C(=O)OCCC[Si](Cl)(Cl)Cl. The van der Waals surface area contributed by atoms with Gasteiger partial charge in [-0.05, 0) is 25.3 Å². The normalized spacial score (nSPS) is 22.0. The van der Waals surface area contributed by atoms with E-state index in [2.05, 4.69) is 6.58 Å². The maximum Gasteiger partial charge on any atom is 0.341 e. The summed E-state index contributed by atoms with van der Waals surface area (Å²) in [5, 5.41) is 0. The van der Waals surface area contributed by atoms with Crippen LogP contribution in [0.4, 0.5) is 0 Å². The maximum atomic E-state index is 12.2. The highest BCUT2D eigenvalue weighted by Crippen LogP contribution is 2.32. The largest absolute Gasteiger partial charge is 0.465 e. The van der Waals surface area contributed by atoms with Crippen molar-refractivity contribution in [2.75, 3.05) is 13.2 Å². The van der Waals surface area contributed by atoms with Crippen LogP contribution in [0.15, 0.2) is 12.7 Å². The van der Waals surface area contributed by atoms with E-state index in [0.717, 1.165) is 12.8 Å². The van der Waals surface area contributed by atoms with Crippen molar-refractivity contribution in [2.45, 2.75) is 38.1 Å². The molecule has 0 heterocycles. The zero-order chi connectivity index (χ0) is 16.6. The molecule has 1 rings (SSSR count). The van der Waals surface area contributed by atoms with Gasteiger partial charge in [0.1, 0.15) is 6.61 Å². The number of esters is 2. The van der Waals surface area contributed by atoms with E-state index in [1.807, 2.05) is 0 Å². The van der Waals surface area contributed by atoms with Crippen LogP contribution >= 0.6 is 33.2 Å². The molecule has 2 atom stereocenters. The van der Waals surface area contributed by atoms with Crippen LogP contribution in [0.25, 0.3) is 0 Å². The lowest BCUT2D eigenvalue weighted by molar-refractivity contribution is -0.162. The quantitative estimate of drug-likeness (QED) is 0.207. The van der Waals surface area contributed by atoms with Gasteiger partial charge in [0.2, 0.25) is 0 Å². The molecule has 0 spiro atoms. The van der Waals surface area contributed by atoms with Crippen molar-refractivity contribution < 1.29 is 19.1 Å². The molecule has 0 aromatic carbocycles. The highest BCUT2D eigenvalue weighted by atomic mass is 35.8. The second kappa shape index (κ2) is 9.81. The Morgan fingerprint density at radius 3 is 2.14 bits per heavy atom. The van der Waals surface area contributed by atoms with Crippen LogP contribution in [0.5, 0.6) is 0 Å². The number of ether oxygens (including phenoxy) is 2. The van der Waals surface area contributed by atoms with E-state index in [4.69, 9.17) is 42.7 Å². The summed E-state index contributed by atoms with van der Waals surface area (Å²) in [5.74, 6) is -1.57. The lowest BCUT2D eigenvalue weighted by Gasteiger charge is -2.28. The molecule has 0 aromatic heterocycles. The standard InChI is InChI=1S/C14H21Cl3O4Si/c1-2-8-20-13(18)11-6-3-4-7-12(11)14(19)21-9-5-10-22(15,16)17/h2,11-12H,1,3-10H2. The van der Waals surface area contributed by atoms with Crippen LogP contribution in [0.2, 0.25) is 6.04 Å². The molecule has 0 aliphatic heterocycles. The minimum Gasteiger partial charge on any atom is -0.465 e. The van der Waals surface area contributed by atoms with Crippen LogP contribution in [-0.4, -0.2) is 31.2 Å². The van der Waals surface area contributed by atoms with E-state index in [-0.39, 0.29) is 25.2 Å². The first-order valence-electron chi connectivity index (χ1n) is 7.36. The van der Waals surface area contributed by atoms with Crippen molar-refractivity contribution in [1.29, 1.82) is 0 Å². The number of carbonyl (C=O) groups is 2. The summed E-state index contributed by atoms with van der Waals surface area (Å²) >= 11 is 17.3. The first-order valence-corrected chi connectivity index (χ1v) is 12.6. The van der Waals surface area contributed by atoms with Gasteiger partial charge in [0.15, 0.2) is 0 Å². The van der Waals surface area contributed by atoms with Gasteiger partial charge < -0.3 is 9.47 Å². The summed E-state index contributed by atoms with van der Waals surface area (Å²) in [6.07, 6.45) is 5.15. The molecule has 0 amide bonds. The van der Waals surface area contributed by atoms with Gasteiger partial charge in [0.25, 0.3) is 0 Å². The Balaban J connectivity index is 2.46. The molecule has 0 N–H and O–H groups in total. The van der Waals surface area contributed by atoms with E-state index < -0.39 is 17.8 Å². The molecule has 1 fully saturated rings. The number of hydrogen-bond donors (Lipinski definition) is 0. The van der Waals surface area contributed by atoms with E-state index in [1.54, 1.807) is 0 Å². The van der Waals surface area contributed by atoms with Crippen molar-refractivity contribution in [3.63, 3.8) is 0 Å². The average Bonchev–Trinajstić information content (AvgIpc) is 2.48. The molecule has 22 heavy (non-hydrogen) atoms. The monoisotopic (exact) mass is 386 g/mol. The van der Waals surface area contributed by atoms with Gasteiger partial charge >= 0.3 is 17.9 Å². The minimum absolute atomic E-state index is 0.158. The summed E-state index contributed by atoms with van der Waals surface area (Å²) in [4.78, 5) is 24.2. The molecule has 4 nitrogen and oxygen atoms in total. The molecule has 0 radical (unpaired) electrons. The predicted octanol–water partition coefficient (Wildman–Crippen LogP) is 4.11. The first-order chi connectivity index (χ1) is 10.3. The Morgan fingerprint density at radius 2 is 1.64 bits per heavy atom. The Labute approximate surface area is 146 Å². The summed E-state index contributed by atoms with van der Waals surface area (Å²) in [5.41, 5.74) is 0. The Kier molecular flexibility index (Phi) is 8.83. The van der Waals surface area contributed by atoms with Crippen LogP contribution in [0.3, 0.4) is 0 Å². The van der Waals surface area contributed by atoms with E-state index >= 15 is 0 Å². The molecule has 126 valence electrons. The van der Waals surface area contributed by atoms with E-state index in [1.165, 1.54) is 6.08 Å². The first kappa shape index (κ1) is 19.8. The molecular formula is C14H21Cl3O4Si. The highest BCUT2D eigenvalue weighted by Gasteiger charge is 2.37.